The van der Waals surface area contributed by atoms with Gasteiger partial charge in [-0.2, -0.15) is 5.10 Å². The van der Waals surface area contributed by atoms with Crippen molar-refractivity contribution in [2.75, 3.05) is 0 Å². The molecule has 15 heavy (non-hydrogen) atoms. The molecule has 0 radical (unpaired) electrons. The van der Waals surface area contributed by atoms with E-state index >= 15 is 0 Å². The third kappa shape index (κ3) is 2.20. The Hall–Kier alpha value is -2.16. The maximum atomic E-state index is 5.07. The predicted octanol–water partition coefficient (Wildman–Crippen LogP) is 2.04. The van der Waals surface area contributed by atoms with Crippen molar-refractivity contribution in [1.29, 1.82) is 0 Å². The zero-order valence-corrected chi connectivity index (χ0v) is 8.17. The quantitative estimate of drug-likeness (QED) is 0.455. The second kappa shape index (κ2) is 4.37. The minimum Gasteiger partial charge on any atom is -0.323 e. The first kappa shape index (κ1) is 9.40. The normalized spacial score (nSPS) is 10.7. The molecule has 0 saturated carbocycles. The Labute approximate surface area is 88.3 Å². The van der Waals surface area contributed by atoms with Crippen molar-refractivity contribution in [3.05, 3.63) is 54.2 Å². The maximum Gasteiger partial charge on any atom is 0.0701 e. The number of hydrogen-bond donors (Lipinski definition) is 1. The largest absolute Gasteiger partial charge is 0.323 e. The summed E-state index contributed by atoms with van der Waals surface area (Å²) in [6, 6.07) is 13.8. The number of nitrogens with zero attached hydrogens (tertiary/aromatic N) is 2. The van der Waals surface area contributed by atoms with Crippen LogP contribution in [-0.4, -0.2) is 11.2 Å². The molecule has 0 unspecified atom stereocenters. The average molecular weight is 197 g/mol. The highest BCUT2D eigenvalue weighted by Gasteiger charge is 1.96. The molecular weight excluding hydrogens is 186 g/mol. The highest BCUT2D eigenvalue weighted by atomic mass is 15.1. The van der Waals surface area contributed by atoms with Crippen LogP contribution >= 0.6 is 0 Å². The molecule has 1 heterocycles. The van der Waals surface area contributed by atoms with Gasteiger partial charge in [0.05, 0.1) is 11.9 Å². The van der Waals surface area contributed by atoms with Gasteiger partial charge in [0.15, 0.2) is 0 Å². The molecule has 2 aromatic rings. The van der Waals surface area contributed by atoms with Crippen LogP contribution in [0.15, 0.2) is 53.8 Å². The molecule has 1 aromatic carbocycles. The third-order valence-electron chi connectivity index (χ3n) is 2.09. The molecule has 2 rings (SSSR count). The highest BCUT2D eigenvalue weighted by molar-refractivity contribution is 5.80. The van der Waals surface area contributed by atoms with Crippen molar-refractivity contribution < 1.29 is 0 Å². The number of aromatic nitrogens is 1. The molecule has 3 heteroatoms. The lowest BCUT2D eigenvalue weighted by molar-refractivity contribution is 1.26. The van der Waals surface area contributed by atoms with E-state index < -0.39 is 0 Å². The zero-order chi connectivity index (χ0) is 10.5. The molecule has 0 amide bonds. The lowest BCUT2D eigenvalue weighted by Crippen LogP contribution is -1.87. The molecule has 0 fully saturated rings. The van der Waals surface area contributed by atoms with Gasteiger partial charge >= 0.3 is 0 Å². The molecule has 0 atom stereocenters. The van der Waals surface area contributed by atoms with Gasteiger partial charge < -0.3 is 5.84 Å². The number of pyridine rings is 1. The molecule has 1 aromatic heterocycles. The van der Waals surface area contributed by atoms with Gasteiger partial charge in [0.1, 0.15) is 0 Å². The first-order chi connectivity index (χ1) is 7.40. The van der Waals surface area contributed by atoms with E-state index in [1.54, 1.807) is 12.4 Å². The molecular formula is C12H11N3. The Morgan fingerprint density at radius 2 is 1.87 bits per heavy atom. The number of benzene rings is 1. The van der Waals surface area contributed by atoms with Gasteiger partial charge in [0, 0.05) is 11.8 Å². The second-order valence-corrected chi connectivity index (χ2v) is 3.12. The van der Waals surface area contributed by atoms with Crippen LogP contribution in [0.1, 0.15) is 5.56 Å². The van der Waals surface area contributed by atoms with Crippen molar-refractivity contribution in [3.8, 4) is 11.3 Å². The molecule has 74 valence electrons. The SMILES string of the molecule is NN=Cc1ccc(-c2ccccn2)cc1. The van der Waals surface area contributed by atoms with E-state index in [-0.39, 0.29) is 0 Å². The molecule has 0 saturated heterocycles. The van der Waals surface area contributed by atoms with Crippen molar-refractivity contribution in [2.45, 2.75) is 0 Å². The van der Waals surface area contributed by atoms with Crippen molar-refractivity contribution in [1.82, 2.24) is 4.98 Å². The standard InChI is InChI=1S/C12H11N3/c13-15-9-10-4-6-11(7-5-10)12-3-1-2-8-14-12/h1-9H,13H2. The lowest BCUT2D eigenvalue weighted by Gasteiger charge is -2.00. The van der Waals surface area contributed by atoms with E-state index in [0.717, 1.165) is 16.8 Å². The zero-order valence-electron chi connectivity index (χ0n) is 8.17. The fourth-order valence-electron chi connectivity index (χ4n) is 1.36. The van der Waals surface area contributed by atoms with Crippen LogP contribution in [0, 0.1) is 0 Å². The maximum absolute atomic E-state index is 5.07. The molecule has 0 bridgehead atoms. The van der Waals surface area contributed by atoms with Gasteiger partial charge in [0.25, 0.3) is 0 Å². The summed E-state index contributed by atoms with van der Waals surface area (Å²) in [7, 11) is 0. The lowest BCUT2D eigenvalue weighted by atomic mass is 10.1. The minimum atomic E-state index is 0.966. The molecule has 0 aliphatic rings. The topological polar surface area (TPSA) is 51.3 Å². The van der Waals surface area contributed by atoms with Crippen molar-refractivity contribution >= 4 is 6.21 Å². The summed E-state index contributed by atoms with van der Waals surface area (Å²) < 4.78 is 0. The number of nitrogens with two attached hydrogens (primary N) is 1. The number of hydrogen-bond acceptors (Lipinski definition) is 3. The van der Waals surface area contributed by atoms with Gasteiger partial charge in [-0.3, -0.25) is 4.98 Å². The summed E-state index contributed by atoms with van der Waals surface area (Å²) in [6.07, 6.45) is 3.40. The Balaban J connectivity index is 2.32. The molecule has 0 aliphatic heterocycles. The van der Waals surface area contributed by atoms with Crippen LogP contribution in [0.3, 0.4) is 0 Å². The Kier molecular flexibility index (Phi) is 2.74. The summed E-state index contributed by atoms with van der Waals surface area (Å²) in [5, 5.41) is 3.47. The number of rotatable bonds is 2. The van der Waals surface area contributed by atoms with E-state index in [1.807, 2.05) is 42.5 Å². The summed E-state index contributed by atoms with van der Waals surface area (Å²) in [5.41, 5.74) is 3.04. The summed E-state index contributed by atoms with van der Waals surface area (Å²) in [6.45, 7) is 0. The van der Waals surface area contributed by atoms with Gasteiger partial charge in [0.2, 0.25) is 0 Å². The van der Waals surface area contributed by atoms with Gasteiger partial charge in [-0.15, -0.1) is 0 Å². The van der Waals surface area contributed by atoms with Crippen LogP contribution in [0.5, 0.6) is 0 Å². The minimum absolute atomic E-state index is 0.966. The van der Waals surface area contributed by atoms with E-state index in [1.165, 1.54) is 0 Å². The van der Waals surface area contributed by atoms with E-state index in [9.17, 15) is 0 Å². The van der Waals surface area contributed by atoms with E-state index in [0.29, 0.717) is 0 Å². The predicted molar refractivity (Wildman–Crippen MR) is 61.5 cm³/mol. The monoisotopic (exact) mass is 197 g/mol. The summed E-state index contributed by atoms with van der Waals surface area (Å²) in [5.74, 6) is 5.07. The van der Waals surface area contributed by atoms with Crippen LogP contribution in [0.2, 0.25) is 0 Å². The molecule has 2 N–H and O–H groups in total. The molecule has 0 spiro atoms. The first-order valence-corrected chi connectivity index (χ1v) is 4.65. The fraction of sp³-hybridized carbons (Fsp3) is 0. The van der Waals surface area contributed by atoms with E-state index in [4.69, 9.17) is 5.84 Å². The van der Waals surface area contributed by atoms with Crippen LogP contribution in [0.4, 0.5) is 0 Å². The highest BCUT2D eigenvalue weighted by Crippen LogP contribution is 2.15. The average Bonchev–Trinajstić information content (AvgIpc) is 2.32. The van der Waals surface area contributed by atoms with E-state index in [2.05, 4.69) is 10.1 Å². The summed E-state index contributed by atoms with van der Waals surface area (Å²) >= 11 is 0. The Bertz CT molecular complexity index is 446. The van der Waals surface area contributed by atoms with Crippen LogP contribution < -0.4 is 5.84 Å². The van der Waals surface area contributed by atoms with Crippen LogP contribution in [-0.2, 0) is 0 Å². The van der Waals surface area contributed by atoms with Gasteiger partial charge in [-0.05, 0) is 17.7 Å². The van der Waals surface area contributed by atoms with Gasteiger partial charge in [-0.1, -0.05) is 30.3 Å². The first-order valence-electron chi connectivity index (χ1n) is 4.65. The number of hydrazone groups is 1. The molecule has 0 aliphatic carbocycles. The van der Waals surface area contributed by atoms with Gasteiger partial charge in [-0.25, -0.2) is 0 Å². The fourth-order valence-corrected chi connectivity index (χ4v) is 1.36. The van der Waals surface area contributed by atoms with Crippen molar-refractivity contribution in [2.24, 2.45) is 10.9 Å². The third-order valence-corrected chi connectivity index (χ3v) is 2.09. The molecule has 3 nitrogen and oxygen atoms in total. The summed E-state index contributed by atoms with van der Waals surface area (Å²) in [4.78, 5) is 4.27. The second-order valence-electron chi connectivity index (χ2n) is 3.12. The Morgan fingerprint density at radius 3 is 2.47 bits per heavy atom. The van der Waals surface area contributed by atoms with Crippen LogP contribution in [0.25, 0.3) is 11.3 Å². The van der Waals surface area contributed by atoms with Crippen molar-refractivity contribution in [3.63, 3.8) is 0 Å². The smallest absolute Gasteiger partial charge is 0.0701 e. The Morgan fingerprint density at radius 1 is 1.07 bits per heavy atom.